The highest BCUT2D eigenvalue weighted by molar-refractivity contribution is 7.99. The van der Waals surface area contributed by atoms with Crippen molar-refractivity contribution in [3.05, 3.63) is 52.2 Å². The van der Waals surface area contributed by atoms with E-state index in [1.54, 1.807) is 11.8 Å². The average Bonchev–Trinajstić information content (AvgIpc) is 2.40. The van der Waals surface area contributed by atoms with Gasteiger partial charge in [0.25, 0.3) is 0 Å². The summed E-state index contributed by atoms with van der Waals surface area (Å²) in [6, 6.07) is 10.4. The van der Waals surface area contributed by atoms with Crippen molar-refractivity contribution >= 4 is 23.4 Å². The van der Waals surface area contributed by atoms with Gasteiger partial charge in [0.15, 0.2) is 0 Å². The van der Waals surface area contributed by atoms with Crippen molar-refractivity contribution < 1.29 is 0 Å². The van der Waals surface area contributed by atoms with E-state index in [1.807, 2.05) is 19.1 Å². The maximum Gasteiger partial charge on any atom is 0.101 e. The molecule has 0 aliphatic rings. The molecule has 4 heteroatoms. The summed E-state index contributed by atoms with van der Waals surface area (Å²) >= 11 is 7.81. The largest absolute Gasteiger partial charge is 0.327 e. The van der Waals surface area contributed by atoms with E-state index < -0.39 is 0 Å². The van der Waals surface area contributed by atoms with Crippen molar-refractivity contribution in [3.8, 4) is 0 Å². The summed E-state index contributed by atoms with van der Waals surface area (Å²) < 4.78 is 0. The van der Waals surface area contributed by atoms with Crippen LogP contribution < -0.4 is 5.73 Å². The number of hydrogen-bond acceptors (Lipinski definition) is 3. The van der Waals surface area contributed by atoms with Gasteiger partial charge < -0.3 is 5.73 Å². The molecule has 1 unspecified atom stereocenters. The Bertz CT molecular complexity index is 608. The van der Waals surface area contributed by atoms with E-state index in [2.05, 4.69) is 37.0 Å². The molecule has 2 rings (SSSR count). The standard InChI is InChI=1S/C17H21ClN2S/c1-4-15(19)10-13-9-14(18)5-6-16(13)21-17-8-11(2)7-12(3)20-17/h5-9,15H,4,10,19H2,1-3H3. The van der Waals surface area contributed by atoms with E-state index in [0.717, 1.165) is 28.6 Å². The van der Waals surface area contributed by atoms with Gasteiger partial charge in [-0.2, -0.15) is 0 Å². The molecular formula is C17H21ClN2S. The van der Waals surface area contributed by atoms with Gasteiger partial charge in [-0.1, -0.05) is 30.3 Å². The minimum atomic E-state index is 0.162. The normalized spacial score (nSPS) is 12.4. The van der Waals surface area contributed by atoms with Crippen LogP contribution in [-0.2, 0) is 6.42 Å². The second-order valence-electron chi connectivity index (χ2n) is 5.35. The molecule has 1 aromatic carbocycles. The van der Waals surface area contributed by atoms with Crippen LogP contribution >= 0.6 is 23.4 Å². The molecule has 0 amide bonds. The van der Waals surface area contributed by atoms with Crippen LogP contribution in [0.15, 0.2) is 40.3 Å². The Hall–Kier alpha value is -1.03. The molecule has 0 spiro atoms. The van der Waals surface area contributed by atoms with Crippen molar-refractivity contribution in [1.29, 1.82) is 0 Å². The number of nitrogens with two attached hydrogens (primary N) is 1. The second-order valence-corrected chi connectivity index (χ2v) is 6.85. The summed E-state index contributed by atoms with van der Waals surface area (Å²) in [7, 11) is 0. The maximum absolute atomic E-state index is 6.13. The Kier molecular flexibility index (Phi) is 5.68. The molecule has 0 fully saturated rings. The van der Waals surface area contributed by atoms with E-state index >= 15 is 0 Å². The van der Waals surface area contributed by atoms with E-state index in [0.29, 0.717) is 0 Å². The number of nitrogens with zero attached hydrogens (tertiary/aromatic N) is 1. The van der Waals surface area contributed by atoms with Crippen molar-refractivity contribution in [1.82, 2.24) is 4.98 Å². The fraction of sp³-hybridized carbons (Fsp3) is 0.353. The van der Waals surface area contributed by atoms with E-state index in [4.69, 9.17) is 17.3 Å². The van der Waals surface area contributed by atoms with Crippen LogP contribution in [0.2, 0.25) is 5.02 Å². The highest BCUT2D eigenvalue weighted by atomic mass is 35.5. The minimum Gasteiger partial charge on any atom is -0.327 e. The maximum atomic E-state index is 6.13. The zero-order valence-corrected chi connectivity index (χ0v) is 14.3. The number of hydrogen-bond donors (Lipinski definition) is 1. The molecule has 1 atom stereocenters. The summed E-state index contributed by atoms with van der Waals surface area (Å²) in [5, 5.41) is 1.77. The first-order valence-electron chi connectivity index (χ1n) is 7.15. The summed E-state index contributed by atoms with van der Waals surface area (Å²) in [5.41, 5.74) is 9.56. The van der Waals surface area contributed by atoms with Crippen LogP contribution in [0.4, 0.5) is 0 Å². The molecular weight excluding hydrogens is 300 g/mol. The van der Waals surface area contributed by atoms with Gasteiger partial charge in [0.1, 0.15) is 5.03 Å². The van der Waals surface area contributed by atoms with Crippen molar-refractivity contribution in [3.63, 3.8) is 0 Å². The molecule has 21 heavy (non-hydrogen) atoms. The Balaban J connectivity index is 2.30. The lowest BCUT2D eigenvalue weighted by atomic mass is 10.0. The zero-order chi connectivity index (χ0) is 15.4. The smallest absolute Gasteiger partial charge is 0.101 e. The summed E-state index contributed by atoms with van der Waals surface area (Å²) in [4.78, 5) is 5.77. The van der Waals surface area contributed by atoms with E-state index in [-0.39, 0.29) is 6.04 Å². The van der Waals surface area contributed by atoms with Gasteiger partial charge in [-0.05, 0) is 68.1 Å². The Labute approximate surface area is 136 Å². The summed E-state index contributed by atoms with van der Waals surface area (Å²) in [6.07, 6.45) is 1.79. The zero-order valence-electron chi connectivity index (χ0n) is 12.7. The number of aromatic nitrogens is 1. The highest BCUT2D eigenvalue weighted by Gasteiger charge is 2.10. The number of benzene rings is 1. The van der Waals surface area contributed by atoms with E-state index in [1.165, 1.54) is 16.0 Å². The molecule has 1 heterocycles. The molecule has 2 aromatic rings. The lowest BCUT2D eigenvalue weighted by Gasteiger charge is -2.14. The average molecular weight is 321 g/mol. The molecule has 112 valence electrons. The van der Waals surface area contributed by atoms with Crippen molar-refractivity contribution in [2.75, 3.05) is 0 Å². The third-order valence-corrected chi connectivity index (χ3v) is 4.59. The third kappa shape index (κ3) is 4.73. The van der Waals surface area contributed by atoms with Crippen LogP contribution in [0.25, 0.3) is 0 Å². The Morgan fingerprint density at radius 3 is 2.67 bits per heavy atom. The van der Waals surface area contributed by atoms with Crippen LogP contribution in [0.1, 0.15) is 30.2 Å². The fourth-order valence-electron chi connectivity index (χ4n) is 2.20. The predicted octanol–water partition coefficient (Wildman–Crippen LogP) is 4.78. The summed E-state index contributed by atoms with van der Waals surface area (Å²) in [5.74, 6) is 0. The van der Waals surface area contributed by atoms with Gasteiger partial charge in [-0.15, -0.1) is 0 Å². The number of rotatable bonds is 5. The highest BCUT2D eigenvalue weighted by Crippen LogP contribution is 2.32. The molecule has 0 saturated heterocycles. The Morgan fingerprint density at radius 2 is 2.00 bits per heavy atom. The van der Waals surface area contributed by atoms with Crippen molar-refractivity contribution in [2.45, 2.75) is 49.6 Å². The minimum absolute atomic E-state index is 0.162. The van der Waals surface area contributed by atoms with Gasteiger partial charge in [0, 0.05) is 21.7 Å². The molecule has 0 saturated carbocycles. The number of aryl methyl sites for hydroxylation is 2. The monoisotopic (exact) mass is 320 g/mol. The molecule has 1 aromatic heterocycles. The van der Waals surface area contributed by atoms with E-state index in [9.17, 15) is 0 Å². The van der Waals surface area contributed by atoms with Crippen LogP contribution in [0.5, 0.6) is 0 Å². The number of halogens is 1. The van der Waals surface area contributed by atoms with Gasteiger partial charge in [-0.25, -0.2) is 4.98 Å². The van der Waals surface area contributed by atoms with Crippen LogP contribution in [-0.4, -0.2) is 11.0 Å². The molecule has 0 aliphatic heterocycles. The topological polar surface area (TPSA) is 38.9 Å². The molecule has 0 bridgehead atoms. The first-order chi connectivity index (χ1) is 9.97. The first-order valence-corrected chi connectivity index (χ1v) is 8.34. The van der Waals surface area contributed by atoms with Crippen molar-refractivity contribution in [2.24, 2.45) is 5.73 Å². The lowest BCUT2D eigenvalue weighted by Crippen LogP contribution is -2.21. The molecule has 0 aliphatic carbocycles. The van der Waals surface area contributed by atoms with Gasteiger partial charge >= 0.3 is 0 Å². The van der Waals surface area contributed by atoms with Crippen LogP contribution in [0.3, 0.4) is 0 Å². The summed E-state index contributed by atoms with van der Waals surface area (Å²) in [6.45, 7) is 6.22. The fourth-order valence-corrected chi connectivity index (χ4v) is 3.47. The predicted molar refractivity (Wildman–Crippen MR) is 91.3 cm³/mol. The second kappa shape index (κ2) is 7.30. The van der Waals surface area contributed by atoms with Gasteiger partial charge in [-0.3, -0.25) is 0 Å². The van der Waals surface area contributed by atoms with Crippen LogP contribution in [0, 0.1) is 13.8 Å². The lowest BCUT2D eigenvalue weighted by molar-refractivity contribution is 0.641. The molecule has 0 radical (unpaired) electrons. The third-order valence-electron chi connectivity index (χ3n) is 3.32. The SMILES string of the molecule is CCC(N)Cc1cc(Cl)ccc1Sc1cc(C)cc(C)n1. The quantitative estimate of drug-likeness (QED) is 0.861. The number of pyridine rings is 1. The Morgan fingerprint density at radius 1 is 1.24 bits per heavy atom. The molecule has 2 N–H and O–H groups in total. The molecule has 2 nitrogen and oxygen atoms in total. The first kappa shape index (κ1) is 16.3. The van der Waals surface area contributed by atoms with Gasteiger partial charge in [0.05, 0.1) is 0 Å². The van der Waals surface area contributed by atoms with Gasteiger partial charge in [0.2, 0.25) is 0 Å².